The Kier molecular flexibility index (Phi) is 5.51. The molecule has 3 aromatic rings. The zero-order valence-corrected chi connectivity index (χ0v) is 15.2. The second kappa shape index (κ2) is 7.99. The molecule has 25 heavy (non-hydrogen) atoms. The molecular formula is C21H21NO2S. The Morgan fingerprint density at radius 1 is 1.04 bits per heavy atom. The number of benzene rings is 2. The predicted octanol–water partition coefficient (Wildman–Crippen LogP) is 4.65. The van der Waals surface area contributed by atoms with Gasteiger partial charge in [-0.2, -0.15) is 0 Å². The summed E-state index contributed by atoms with van der Waals surface area (Å²) in [7, 11) is 0. The number of nitrogens with one attached hydrogen (secondary N) is 1. The molecule has 128 valence electrons. The van der Waals surface area contributed by atoms with Gasteiger partial charge in [0.25, 0.3) is 5.91 Å². The molecule has 3 rings (SSSR count). The third-order valence-electron chi connectivity index (χ3n) is 3.83. The van der Waals surface area contributed by atoms with Crippen LogP contribution in [0.3, 0.4) is 0 Å². The highest BCUT2D eigenvalue weighted by molar-refractivity contribution is 7.10. The standard InChI is InChI=1S/C21H21NO2S/c1-15-11-16(2)13-18(12-15)24-14-20(23)22-21(19-9-6-10-25-19)17-7-4-3-5-8-17/h3-13,21H,14H2,1-2H3,(H,22,23). The fourth-order valence-electron chi connectivity index (χ4n) is 2.79. The number of hydrogen-bond acceptors (Lipinski definition) is 3. The molecule has 1 unspecified atom stereocenters. The lowest BCUT2D eigenvalue weighted by Gasteiger charge is -2.18. The second-order valence-electron chi connectivity index (χ2n) is 6.04. The van der Waals surface area contributed by atoms with Gasteiger partial charge in [-0.3, -0.25) is 4.79 Å². The molecule has 4 heteroatoms. The molecule has 0 bridgehead atoms. The summed E-state index contributed by atoms with van der Waals surface area (Å²) in [5.41, 5.74) is 3.30. The first-order chi connectivity index (χ1) is 12.1. The fraction of sp³-hybridized carbons (Fsp3) is 0.190. The Morgan fingerprint density at radius 3 is 2.40 bits per heavy atom. The van der Waals surface area contributed by atoms with Crippen molar-refractivity contribution < 1.29 is 9.53 Å². The van der Waals surface area contributed by atoms with Crippen molar-refractivity contribution in [3.05, 3.63) is 87.6 Å². The van der Waals surface area contributed by atoms with Crippen LogP contribution in [0.15, 0.2) is 66.0 Å². The zero-order valence-electron chi connectivity index (χ0n) is 14.4. The number of rotatable bonds is 6. The van der Waals surface area contributed by atoms with Gasteiger partial charge in [0.1, 0.15) is 5.75 Å². The summed E-state index contributed by atoms with van der Waals surface area (Å²) in [6, 6.07) is 19.8. The third-order valence-corrected chi connectivity index (χ3v) is 4.77. The molecule has 0 radical (unpaired) electrons. The number of hydrogen-bond donors (Lipinski definition) is 1. The quantitative estimate of drug-likeness (QED) is 0.702. The molecule has 0 saturated heterocycles. The van der Waals surface area contributed by atoms with Crippen molar-refractivity contribution in [3.8, 4) is 5.75 Å². The summed E-state index contributed by atoms with van der Waals surface area (Å²) < 4.78 is 5.67. The maximum Gasteiger partial charge on any atom is 0.258 e. The molecule has 2 aromatic carbocycles. The number of aryl methyl sites for hydroxylation is 2. The first kappa shape index (κ1) is 17.2. The van der Waals surface area contributed by atoms with Crippen molar-refractivity contribution in [1.29, 1.82) is 0 Å². The van der Waals surface area contributed by atoms with Gasteiger partial charge in [0.2, 0.25) is 0 Å². The molecule has 0 saturated carbocycles. The Morgan fingerprint density at radius 2 is 1.76 bits per heavy atom. The van der Waals surface area contributed by atoms with Crippen molar-refractivity contribution in [2.24, 2.45) is 0 Å². The van der Waals surface area contributed by atoms with Crippen molar-refractivity contribution >= 4 is 17.2 Å². The minimum atomic E-state index is -0.156. The van der Waals surface area contributed by atoms with Gasteiger partial charge in [0.15, 0.2) is 6.61 Å². The number of ether oxygens (including phenoxy) is 1. The average molecular weight is 351 g/mol. The largest absolute Gasteiger partial charge is 0.484 e. The Labute approximate surface area is 152 Å². The van der Waals surface area contributed by atoms with Gasteiger partial charge in [-0.15, -0.1) is 11.3 Å². The molecule has 0 spiro atoms. The van der Waals surface area contributed by atoms with E-state index in [4.69, 9.17) is 4.74 Å². The van der Waals surface area contributed by atoms with Crippen molar-refractivity contribution in [3.63, 3.8) is 0 Å². The average Bonchev–Trinajstić information content (AvgIpc) is 3.12. The monoisotopic (exact) mass is 351 g/mol. The lowest BCUT2D eigenvalue weighted by atomic mass is 10.1. The summed E-state index contributed by atoms with van der Waals surface area (Å²) in [5.74, 6) is 0.585. The Bertz CT molecular complexity index is 808. The van der Waals surface area contributed by atoms with Crippen LogP contribution in [0.1, 0.15) is 27.6 Å². The van der Waals surface area contributed by atoms with E-state index in [9.17, 15) is 4.79 Å². The highest BCUT2D eigenvalue weighted by atomic mass is 32.1. The Balaban J connectivity index is 1.68. The molecule has 0 aliphatic heterocycles. The Hall–Kier alpha value is -2.59. The maximum atomic E-state index is 12.4. The van der Waals surface area contributed by atoms with Gasteiger partial charge >= 0.3 is 0 Å². The minimum absolute atomic E-state index is 0.00238. The van der Waals surface area contributed by atoms with Crippen LogP contribution >= 0.6 is 11.3 Å². The zero-order chi connectivity index (χ0) is 17.6. The summed E-state index contributed by atoms with van der Waals surface area (Å²) in [5, 5.41) is 5.10. The van der Waals surface area contributed by atoms with Crippen LogP contribution in [0.5, 0.6) is 5.75 Å². The molecule has 0 aliphatic rings. The maximum absolute atomic E-state index is 12.4. The first-order valence-corrected chi connectivity index (χ1v) is 9.08. The SMILES string of the molecule is Cc1cc(C)cc(OCC(=O)NC(c2ccccc2)c2cccs2)c1. The molecule has 1 atom stereocenters. The minimum Gasteiger partial charge on any atom is -0.484 e. The lowest BCUT2D eigenvalue weighted by molar-refractivity contribution is -0.123. The van der Waals surface area contributed by atoms with E-state index < -0.39 is 0 Å². The predicted molar refractivity (Wildman–Crippen MR) is 102 cm³/mol. The number of amides is 1. The van der Waals surface area contributed by atoms with E-state index >= 15 is 0 Å². The lowest BCUT2D eigenvalue weighted by Crippen LogP contribution is -2.32. The van der Waals surface area contributed by atoms with Crippen LogP contribution in [0.2, 0.25) is 0 Å². The van der Waals surface area contributed by atoms with Crippen LogP contribution in [0.4, 0.5) is 0 Å². The van der Waals surface area contributed by atoms with Crippen LogP contribution in [0.25, 0.3) is 0 Å². The van der Waals surface area contributed by atoms with Crippen molar-refractivity contribution in [2.75, 3.05) is 6.61 Å². The van der Waals surface area contributed by atoms with E-state index in [1.807, 2.05) is 73.8 Å². The third kappa shape index (κ3) is 4.70. The van der Waals surface area contributed by atoms with Gasteiger partial charge in [-0.1, -0.05) is 42.5 Å². The van der Waals surface area contributed by atoms with E-state index in [-0.39, 0.29) is 18.6 Å². The highest BCUT2D eigenvalue weighted by Gasteiger charge is 2.18. The molecule has 1 amide bonds. The van der Waals surface area contributed by atoms with Crippen LogP contribution in [-0.2, 0) is 4.79 Å². The summed E-state index contributed by atoms with van der Waals surface area (Å²) >= 11 is 1.63. The smallest absolute Gasteiger partial charge is 0.258 e. The van der Waals surface area contributed by atoms with E-state index in [1.165, 1.54) is 0 Å². The molecule has 1 heterocycles. The van der Waals surface area contributed by atoms with E-state index in [0.717, 1.165) is 27.3 Å². The summed E-state index contributed by atoms with van der Waals surface area (Å²) in [6.45, 7) is 4.03. The van der Waals surface area contributed by atoms with Crippen molar-refractivity contribution in [1.82, 2.24) is 5.32 Å². The van der Waals surface area contributed by atoms with Crippen LogP contribution in [-0.4, -0.2) is 12.5 Å². The number of carbonyl (C=O) groups is 1. The van der Waals surface area contributed by atoms with E-state index in [0.29, 0.717) is 0 Å². The molecular weight excluding hydrogens is 330 g/mol. The number of thiophene rings is 1. The number of carbonyl (C=O) groups excluding carboxylic acids is 1. The first-order valence-electron chi connectivity index (χ1n) is 8.20. The van der Waals surface area contributed by atoms with Gasteiger partial charge < -0.3 is 10.1 Å². The van der Waals surface area contributed by atoms with Crippen LogP contribution in [0, 0.1) is 13.8 Å². The molecule has 1 N–H and O–H groups in total. The van der Waals surface area contributed by atoms with E-state index in [1.54, 1.807) is 11.3 Å². The van der Waals surface area contributed by atoms with Crippen molar-refractivity contribution in [2.45, 2.75) is 19.9 Å². The normalized spacial score (nSPS) is 11.8. The summed E-state index contributed by atoms with van der Waals surface area (Å²) in [4.78, 5) is 13.5. The molecule has 1 aromatic heterocycles. The van der Waals surface area contributed by atoms with Gasteiger partial charge in [0, 0.05) is 4.88 Å². The molecule has 0 aliphatic carbocycles. The molecule has 3 nitrogen and oxygen atoms in total. The van der Waals surface area contributed by atoms with E-state index in [2.05, 4.69) is 11.4 Å². The second-order valence-corrected chi connectivity index (χ2v) is 7.02. The van der Waals surface area contributed by atoms with Gasteiger partial charge in [-0.25, -0.2) is 0 Å². The molecule has 0 fully saturated rings. The van der Waals surface area contributed by atoms with Gasteiger partial charge in [-0.05, 0) is 54.1 Å². The topological polar surface area (TPSA) is 38.3 Å². The van der Waals surface area contributed by atoms with Crippen LogP contribution < -0.4 is 10.1 Å². The fourth-order valence-corrected chi connectivity index (χ4v) is 3.59. The van der Waals surface area contributed by atoms with Gasteiger partial charge in [0.05, 0.1) is 6.04 Å². The summed E-state index contributed by atoms with van der Waals surface area (Å²) in [6.07, 6.45) is 0. The highest BCUT2D eigenvalue weighted by Crippen LogP contribution is 2.26.